The van der Waals surface area contributed by atoms with E-state index in [1.807, 2.05) is 0 Å². The Kier molecular flexibility index (Phi) is 6.90. The second-order valence-corrected chi connectivity index (χ2v) is 8.80. The highest BCUT2D eigenvalue weighted by Gasteiger charge is 2.25. The highest BCUT2D eigenvalue weighted by atomic mass is 35.5. The van der Waals surface area contributed by atoms with E-state index in [4.69, 9.17) is 16.3 Å². The maximum absolute atomic E-state index is 13.5. The van der Waals surface area contributed by atoms with Gasteiger partial charge in [-0.25, -0.2) is 9.97 Å². The third-order valence-electron chi connectivity index (χ3n) is 6.00. The van der Waals surface area contributed by atoms with Crippen molar-refractivity contribution in [1.82, 2.24) is 19.9 Å². The minimum absolute atomic E-state index is 0.00664. The number of aliphatic hydroxyl groups excluding tert-OH is 1. The summed E-state index contributed by atoms with van der Waals surface area (Å²) in [7, 11) is 0. The number of aliphatic hydroxyl groups is 1. The number of aromatic nitrogens is 4. The summed E-state index contributed by atoms with van der Waals surface area (Å²) >= 11 is 6.46. The van der Waals surface area contributed by atoms with E-state index in [9.17, 15) is 14.7 Å². The third-order valence-corrected chi connectivity index (χ3v) is 6.31. The van der Waals surface area contributed by atoms with Crippen molar-refractivity contribution >= 4 is 45.8 Å². The summed E-state index contributed by atoms with van der Waals surface area (Å²) in [4.78, 5) is 41.5. The zero-order valence-electron chi connectivity index (χ0n) is 19.1. The number of carbonyl (C=O) groups is 2. The molecule has 1 amide bonds. The van der Waals surface area contributed by atoms with E-state index in [1.165, 1.54) is 18.6 Å². The van der Waals surface area contributed by atoms with Crippen LogP contribution in [0.15, 0.2) is 55.1 Å². The Morgan fingerprint density at radius 2 is 2.03 bits per heavy atom. The number of H-pyrrole nitrogens is 1. The molecule has 4 heterocycles. The smallest absolute Gasteiger partial charge is 0.274 e. The Balaban J connectivity index is 1.38. The average molecular weight is 507 g/mol. The minimum atomic E-state index is -0.382. The van der Waals surface area contributed by atoms with Gasteiger partial charge in [0.05, 0.1) is 41.3 Å². The first-order chi connectivity index (χ1) is 17.5. The number of nitrogens with one attached hydrogen (secondary N) is 3. The summed E-state index contributed by atoms with van der Waals surface area (Å²) in [6.07, 6.45) is 5.89. The zero-order valence-corrected chi connectivity index (χ0v) is 19.8. The number of hydrogen-bond donors (Lipinski definition) is 4. The van der Waals surface area contributed by atoms with Crippen molar-refractivity contribution < 1.29 is 19.4 Å². The lowest BCUT2D eigenvalue weighted by molar-refractivity contribution is -0.0224. The number of hydrogen-bond acceptors (Lipinski definition) is 8. The zero-order chi connectivity index (χ0) is 25.1. The van der Waals surface area contributed by atoms with Gasteiger partial charge in [-0.15, -0.1) is 0 Å². The number of benzene rings is 1. The van der Waals surface area contributed by atoms with Gasteiger partial charge in [0.1, 0.15) is 23.5 Å². The summed E-state index contributed by atoms with van der Waals surface area (Å²) in [5.41, 5.74) is 1.86. The van der Waals surface area contributed by atoms with Crippen LogP contribution in [0.1, 0.15) is 39.3 Å². The monoisotopic (exact) mass is 506 g/mol. The molecule has 4 N–H and O–H groups in total. The van der Waals surface area contributed by atoms with E-state index in [2.05, 4.69) is 30.6 Å². The number of ether oxygens (including phenoxy) is 1. The number of nitrogens with zero attached hydrogens (tertiary/aromatic N) is 3. The third kappa shape index (κ3) is 4.92. The van der Waals surface area contributed by atoms with E-state index >= 15 is 0 Å². The molecule has 0 radical (unpaired) electrons. The van der Waals surface area contributed by atoms with Crippen LogP contribution in [0.25, 0.3) is 11.0 Å². The maximum Gasteiger partial charge on any atom is 0.274 e. The molecule has 1 aliphatic heterocycles. The van der Waals surface area contributed by atoms with Crippen LogP contribution in [0.5, 0.6) is 0 Å². The number of ketones is 1. The van der Waals surface area contributed by atoms with E-state index < -0.39 is 0 Å². The first-order valence-electron chi connectivity index (χ1n) is 11.4. The van der Waals surface area contributed by atoms with E-state index in [1.54, 1.807) is 36.5 Å². The number of halogens is 1. The molecule has 0 bridgehead atoms. The molecule has 0 unspecified atom stereocenters. The van der Waals surface area contributed by atoms with Gasteiger partial charge in [0.25, 0.3) is 5.91 Å². The Morgan fingerprint density at radius 1 is 1.14 bits per heavy atom. The van der Waals surface area contributed by atoms with Crippen molar-refractivity contribution in [2.75, 3.05) is 23.8 Å². The molecule has 36 heavy (non-hydrogen) atoms. The second kappa shape index (κ2) is 10.4. The molecule has 5 rings (SSSR count). The van der Waals surface area contributed by atoms with Crippen LogP contribution in [0.2, 0.25) is 5.02 Å². The van der Waals surface area contributed by atoms with Crippen LogP contribution < -0.4 is 10.6 Å². The summed E-state index contributed by atoms with van der Waals surface area (Å²) in [5.74, 6) is -0.185. The standard InChI is InChI=1S/C25H23ClN6O4/c26-19-9-14(32-25(35)20-3-1-2-8-27-20)5-7-17(19)22(34)18-10-28-23-21(18)24(30-13-29-23)31-15-4-6-16(11-33)36-12-15/h1-3,5,7-10,13,15-16,33H,4,6,11-12H2,(H,32,35)(H2,28,29,30,31)/t15-,16-/m1/s1. The van der Waals surface area contributed by atoms with Crippen molar-refractivity contribution in [3.63, 3.8) is 0 Å². The predicted molar refractivity (Wildman–Crippen MR) is 134 cm³/mol. The van der Waals surface area contributed by atoms with Crippen molar-refractivity contribution in [2.45, 2.75) is 25.0 Å². The topological polar surface area (TPSA) is 142 Å². The van der Waals surface area contributed by atoms with Crippen LogP contribution in [0, 0.1) is 0 Å². The number of rotatable bonds is 7. The molecule has 1 fully saturated rings. The first kappa shape index (κ1) is 23.9. The van der Waals surface area contributed by atoms with Gasteiger partial charge in [0.15, 0.2) is 5.78 Å². The molecular weight excluding hydrogens is 484 g/mol. The van der Waals surface area contributed by atoms with Crippen molar-refractivity contribution in [1.29, 1.82) is 0 Å². The van der Waals surface area contributed by atoms with Crippen molar-refractivity contribution in [3.8, 4) is 0 Å². The van der Waals surface area contributed by atoms with E-state index in [0.29, 0.717) is 34.7 Å². The van der Waals surface area contributed by atoms with Crippen LogP contribution in [0.3, 0.4) is 0 Å². The fraction of sp³-hybridized carbons (Fsp3) is 0.240. The second-order valence-electron chi connectivity index (χ2n) is 8.40. The molecule has 3 aromatic heterocycles. The minimum Gasteiger partial charge on any atom is -0.394 e. The maximum atomic E-state index is 13.5. The molecule has 1 aliphatic rings. The van der Waals surface area contributed by atoms with Gasteiger partial charge >= 0.3 is 0 Å². The fourth-order valence-corrected chi connectivity index (χ4v) is 4.39. The van der Waals surface area contributed by atoms with Crippen molar-refractivity contribution in [2.24, 2.45) is 0 Å². The molecule has 11 heteroatoms. The van der Waals surface area contributed by atoms with Crippen molar-refractivity contribution in [3.05, 3.63) is 77.0 Å². The largest absolute Gasteiger partial charge is 0.394 e. The normalized spacial score (nSPS) is 17.6. The average Bonchev–Trinajstić information content (AvgIpc) is 3.35. The summed E-state index contributed by atoms with van der Waals surface area (Å²) < 4.78 is 5.65. The van der Waals surface area contributed by atoms with Crippen LogP contribution >= 0.6 is 11.6 Å². The van der Waals surface area contributed by atoms with Crippen LogP contribution in [-0.4, -0.2) is 62.1 Å². The molecule has 0 aliphatic carbocycles. The molecule has 10 nitrogen and oxygen atoms in total. The molecule has 0 saturated carbocycles. The van der Waals surface area contributed by atoms with Gasteiger partial charge in [0.2, 0.25) is 0 Å². The summed E-state index contributed by atoms with van der Waals surface area (Å²) in [6.45, 7) is 0.412. The Morgan fingerprint density at radius 3 is 2.75 bits per heavy atom. The van der Waals surface area contributed by atoms with Gasteiger partial charge in [0, 0.05) is 23.6 Å². The molecule has 2 atom stereocenters. The molecule has 1 aromatic carbocycles. The van der Waals surface area contributed by atoms with Gasteiger partial charge in [-0.05, 0) is 43.2 Å². The van der Waals surface area contributed by atoms with E-state index in [0.717, 1.165) is 12.8 Å². The lowest BCUT2D eigenvalue weighted by Crippen LogP contribution is -2.36. The number of fused-ring (bicyclic) bond motifs is 1. The van der Waals surface area contributed by atoms with Gasteiger partial charge in [-0.2, -0.15) is 0 Å². The fourth-order valence-electron chi connectivity index (χ4n) is 4.12. The first-order valence-corrected chi connectivity index (χ1v) is 11.8. The summed E-state index contributed by atoms with van der Waals surface area (Å²) in [6, 6.07) is 9.73. The van der Waals surface area contributed by atoms with Gasteiger partial charge in [-0.1, -0.05) is 17.7 Å². The Labute approximate surface area is 211 Å². The molecule has 4 aromatic rings. The molecule has 0 spiro atoms. The quantitative estimate of drug-likeness (QED) is 0.279. The Bertz CT molecular complexity index is 1400. The molecule has 1 saturated heterocycles. The number of anilines is 2. The number of carbonyl (C=O) groups excluding carboxylic acids is 2. The number of amides is 1. The van der Waals surface area contributed by atoms with Crippen LogP contribution in [-0.2, 0) is 4.74 Å². The lowest BCUT2D eigenvalue weighted by atomic mass is 10.0. The predicted octanol–water partition coefficient (Wildman–Crippen LogP) is 3.44. The molecular formula is C25H23ClN6O4. The number of aromatic amines is 1. The van der Waals surface area contributed by atoms with Crippen LogP contribution in [0.4, 0.5) is 11.5 Å². The lowest BCUT2D eigenvalue weighted by Gasteiger charge is -2.29. The highest BCUT2D eigenvalue weighted by molar-refractivity contribution is 6.36. The number of pyridine rings is 1. The summed E-state index contributed by atoms with van der Waals surface area (Å²) in [5, 5.41) is 16.1. The molecule has 184 valence electrons. The van der Waals surface area contributed by atoms with E-state index in [-0.39, 0.29) is 46.7 Å². The van der Waals surface area contributed by atoms with Gasteiger partial charge in [-0.3, -0.25) is 14.6 Å². The highest BCUT2D eigenvalue weighted by Crippen LogP contribution is 2.30. The Hall–Kier alpha value is -3.86. The van der Waals surface area contributed by atoms with Gasteiger partial charge < -0.3 is 25.5 Å². The SMILES string of the molecule is O=C(Nc1ccc(C(=O)c2c[nH]c3ncnc(N[C@@H]4CC[C@H](CO)OC4)c23)c(Cl)c1)c1ccccn1.